The number of ketones is 1. The Balaban J connectivity index is 3.21. The highest BCUT2D eigenvalue weighted by molar-refractivity contribution is 5.99. The lowest BCUT2D eigenvalue weighted by atomic mass is 10.1. The third kappa shape index (κ3) is 2.66. The van der Waals surface area contributed by atoms with Crippen molar-refractivity contribution in [3.8, 4) is 17.2 Å². The van der Waals surface area contributed by atoms with E-state index in [9.17, 15) is 9.90 Å². The van der Waals surface area contributed by atoms with Gasteiger partial charge in [0.05, 0.1) is 13.2 Å². The number of carbonyl (C=O) groups excluding carboxylic acids is 1. The van der Waals surface area contributed by atoms with Crippen LogP contribution < -0.4 is 9.47 Å². The van der Waals surface area contributed by atoms with Gasteiger partial charge in [-0.05, 0) is 20.8 Å². The molecule has 4 heteroatoms. The van der Waals surface area contributed by atoms with Crippen molar-refractivity contribution in [1.82, 2.24) is 0 Å². The molecule has 0 aliphatic heterocycles. The lowest BCUT2D eigenvalue weighted by Gasteiger charge is -2.12. The minimum atomic E-state index is -0.232. The summed E-state index contributed by atoms with van der Waals surface area (Å²) in [6.45, 7) is 5.96. The zero-order valence-corrected chi connectivity index (χ0v) is 9.74. The van der Waals surface area contributed by atoms with Crippen LogP contribution >= 0.6 is 0 Å². The van der Waals surface area contributed by atoms with Crippen molar-refractivity contribution in [1.29, 1.82) is 0 Å². The molecule has 88 valence electrons. The van der Waals surface area contributed by atoms with Gasteiger partial charge in [-0.25, -0.2) is 0 Å². The molecule has 0 aromatic heterocycles. The monoisotopic (exact) mass is 224 g/mol. The van der Waals surface area contributed by atoms with Gasteiger partial charge in [-0.2, -0.15) is 0 Å². The van der Waals surface area contributed by atoms with Gasteiger partial charge in [-0.15, -0.1) is 0 Å². The van der Waals surface area contributed by atoms with E-state index >= 15 is 0 Å². The Morgan fingerprint density at radius 2 is 1.88 bits per heavy atom. The molecule has 1 N–H and O–H groups in total. The largest absolute Gasteiger partial charge is 0.507 e. The van der Waals surface area contributed by atoms with Crippen LogP contribution in [0.25, 0.3) is 0 Å². The quantitative estimate of drug-likeness (QED) is 0.780. The number of hydrogen-bond acceptors (Lipinski definition) is 4. The average Bonchev–Trinajstić information content (AvgIpc) is 2.17. The number of phenols is 1. The fourth-order valence-corrected chi connectivity index (χ4v) is 1.45. The summed E-state index contributed by atoms with van der Waals surface area (Å²) in [4.78, 5) is 11.4. The molecule has 0 unspecified atom stereocenters. The first kappa shape index (κ1) is 12.4. The molecule has 0 spiro atoms. The fourth-order valence-electron chi connectivity index (χ4n) is 1.45. The molecule has 0 atom stereocenters. The van der Waals surface area contributed by atoms with Gasteiger partial charge in [-0.3, -0.25) is 4.79 Å². The molecule has 0 saturated heterocycles. The van der Waals surface area contributed by atoms with Crippen LogP contribution in [0, 0.1) is 0 Å². The minimum absolute atomic E-state index is 0.109. The lowest BCUT2D eigenvalue weighted by Crippen LogP contribution is -2.02. The van der Waals surface area contributed by atoms with E-state index in [1.807, 2.05) is 13.8 Å². The van der Waals surface area contributed by atoms with Crippen molar-refractivity contribution < 1.29 is 19.4 Å². The highest BCUT2D eigenvalue weighted by Crippen LogP contribution is 2.33. The Bertz CT molecular complexity index is 385. The summed E-state index contributed by atoms with van der Waals surface area (Å²) in [6, 6.07) is 3.03. The summed E-state index contributed by atoms with van der Waals surface area (Å²) < 4.78 is 10.6. The second kappa shape index (κ2) is 5.39. The summed E-state index contributed by atoms with van der Waals surface area (Å²) >= 11 is 0. The molecule has 0 amide bonds. The van der Waals surface area contributed by atoms with Crippen molar-refractivity contribution in [2.24, 2.45) is 0 Å². The number of aromatic hydroxyl groups is 1. The van der Waals surface area contributed by atoms with Gasteiger partial charge in [-0.1, -0.05) is 0 Å². The molecule has 0 fully saturated rings. The Morgan fingerprint density at radius 1 is 1.25 bits per heavy atom. The van der Waals surface area contributed by atoms with Crippen LogP contribution in [0.15, 0.2) is 12.1 Å². The molecular weight excluding hydrogens is 208 g/mol. The lowest BCUT2D eigenvalue weighted by molar-refractivity contribution is 0.101. The van der Waals surface area contributed by atoms with E-state index in [1.54, 1.807) is 6.07 Å². The van der Waals surface area contributed by atoms with Crippen LogP contribution in [0.4, 0.5) is 0 Å². The van der Waals surface area contributed by atoms with Crippen molar-refractivity contribution in [3.63, 3.8) is 0 Å². The number of carbonyl (C=O) groups is 1. The van der Waals surface area contributed by atoms with E-state index in [0.717, 1.165) is 0 Å². The highest BCUT2D eigenvalue weighted by atomic mass is 16.5. The average molecular weight is 224 g/mol. The van der Waals surface area contributed by atoms with Gasteiger partial charge in [0.15, 0.2) is 5.78 Å². The summed E-state index contributed by atoms with van der Waals surface area (Å²) in [5.41, 5.74) is 0.199. The maximum absolute atomic E-state index is 11.4. The van der Waals surface area contributed by atoms with E-state index in [4.69, 9.17) is 9.47 Å². The van der Waals surface area contributed by atoms with Crippen LogP contribution in [-0.4, -0.2) is 24.1 Å². The number of benzene rings is 1. The van der Waals surface area contributed by atoms with E-state index in [0.29, 0.717) is 24.7 Å². The molecule has 1 aromatic carbocycles. The van der Waals surface area contributed by atoms with Crippen molar-refractivity contribution in [2.45, 2.75) is 20.8 Å². The predicted molar refractivity (Wildman–Crippen MR) is 60.4 cm³/mol. The Labute approximate surface area is 94.8 Å². The topological polar surface area (TPSA) is 55.8 Å². The molecule has 4 nitrogen and oxygen atoms in total. The predicted octanol–water partition coefficient (Wildman–Crippen LogP) is 2.39. The first-order chi connectivity index (χ1) is 7.60. The summed E-state index contributed by atoms with van der Waals surface area (Å²) in [7, 11) is 0. The van der Waals surface area contributed by atoms with Crippen LogP contribution in [0.3, 0.4) is 0 Å². The van der Waals surface area contributed by atoms with Crippen LogP contribution in [0.5, 0.6) is 17.2 Å². The SMILES string of the molecule is CCOc1cc(O)c(C(C)=O)c(OCC)c1. The van der Waals surface area contributed by atoms with E-state index in [1.165, 1.54) is 13.0 Å². The van der Waals surface area contributed by atoms with Crippen LogP contribution in [0.1, 0.15) is 31.1 Å². The van der Waals surface area contributed by atoms with Gasteiger partial charge in [0.2, 0.25) is 0 Å². The number of rotatable bonds is 5. The third-order valence-corrected chi connectivity index (χ3v) is 2.02. The summed E-state index contributed by atoms with van der Waals surface area (Å²) in [5, 5.41) is 9.72. The van der Waals surface area contributed by atoms with Gasteiger partial charge in [0.25, 0.3) is 0 Å². The highest BCUT2D eigenvalue weighted by Gasteiger charge is 2.16. The van der Waals surface area contributed by atoms with Crippen LogP contribution in [0.2, 0.25) is 0 Å². The van der Waals surface area contributed by atoms with Gasteiger partial charge >= 0.3 is 0 Å². The van der Waals surface area contributed by atoms with E-state index in [-0.39, 0.29) is 17.1 Å². The molecule has 0 heterocycles. The van der Waals surface area contributed by atoms with E-state index < -0.39 is 0 Å². The molecule has 0 aliphatic carbocycles. The number of ether oxygens (including phenoxy) is 2. The van der Waals surface area contributed by atoms with Crippen LogP contribution in [-0.2, 0) is 0 Å². The molecular formula is C12H16O4. The molecule has 0 bridgehead atoms. The normalized spacial score (nSPS) is 9.94. The molecule has 1 aromatic rings. The van der Waals surface area contributed by atoms with Gasteiger partial charge < -0.3 is 14.6 Å². The number of Topliss-reactive ketones (excluding diaryl/α,β-unsaturated/α-hetero) is 1. The summed E-state index contributed by atoms with van der Waals surface area (Å²) in [6.07, 6.45) is 0. The zero-order valence-electron chi connectivity index (χ0n) is 9.74. The standard InChI is InChI=1S/C12H16O4/c1-4-15-9-6-10(14)12(8(3)13)11(7-9)16-5-2/h6-7,14H,4-5H2,1-3H3. The first-order valence-electron chi connectivity index (χ1n) is 5.23. The van der Waals surface area contributed by atoms with Gasteiger partial charge in [0, 0.05) is 12.1 Å². The molecule has 1 rings (SSSR count). The minimum Gasteiger partial charge on any atom is -0.507 e. The van der Waals surface area contributed by atoms with Crippen molar-refractivity contribution >= 4 is 5.78 Å². The third-order valence-electron chi connectivity index (χ3n) is 2.02. The molecule has 16 heavy (non-hydrogen) atoms. The zero-order chi connectivity index (χ0) is 12.1. The molecule has 0 aliphatic rings. The second-order valence-corrected chi connectivity index (χ2v) is 3.24. The molecule has 0 saturated carbocycles. The van der Waals surface area contributed by atoms with E-state index in [2.05, 4.69) is 0 Å². The summed E-state index contributed by atoms with van der Waals surface area (Å²) in [5.74, 6) is 0.512. The maximum atomic E-state index is 11.4. The Kier molecular flexibility index (Phi) is 4.17. The molecule has 0 radical (unpaired) electrons. The van der Waals surface area contributed by atoms with Gasteiger partial charge in [0.1, 0.15) is 22.8 Å². The first-order valence-corrected chi connectivity index (χ1v) is 5.23. The van der Waals surface area contributed by atoms with Crippen molar-refractivity contribution in [2.75, 3.05) is 13.2 Å². The second-order valence-electron chi connectivity index (χ2n) is 3.24. The van der Waals surface area contributed by atoms with Crippen molar-refractivity contribution in [3.05, 3.63) is 17.7 Å². The number of phenolic OH excluding ortho intramolecular Hbond substituents is 1. The number of hydrogen-bond donors (Lipinski definition) is 1. The Hall–Kier alpha value is -1.71. The maximum Gasteiger partial charge on any atom is 0.167 e. The smallest absolute Gasteiger partial charge is 0.167 e. The fraction of sp³-hybridized carbons (Fsp3) is 0.417. The Morgan fingerprint density at radius 3 is 2.38 bits per heavy atom.